The molecule has 1 aromatic carbocycles. The molecule has 2 aromatic rings. The molecule has 1 N–H and O–H groups in total. The zero-order chi connectivity index (χ0) is 17.1. The van der Waals surface area contributed by atoms with Crippen LogP contribution in [0.4, 0.5) is 10.8 Å². The van der Waals surface area contributed by atoms with Crippen molar-refractivity contribution in [1.29, 1.82) is 0 Å². The van der Waals surface area contributed by atoms with Gasteiger partial charge in [0.05, 0.1) is 11.3 Å². The predicted octanol–water partition coefficient (Wildman–Crippen LogP) is 3.52. The van der Waals surface area contributed by atoms with Crippen LogP contribution in [0.15, 0.2) is 18.2 Å². The monoisotopic (exact) mass is 364 g/mol. The van der Waals surface area contributed by atoms with Gasteiger partial charge in [0.15, 0.2) is 0 Å². The molecular weight excluding hydrogens is 348 g/mol. The van der Waals surface area contributed by atoms with Gasteiger partial charge in [0.1, 0.15) is 5.01 Å². The van der Waals surface area contributed by atoms with Gasteiger partial charge in [0.2, 0.25) is 11.0 Å². The lowest BCUT2D eigenvalue weighted by molar-refractivity contribution is -0.117. The molecule has 0 spiro atoms. The smallest absolute Gasteiger partial charge is 0.259 e. The van der Waals surface area contributed by atoms with Crippen molar-refractivity contribution < 1.29 is 9.59 Å². The van der Waals surface area contributed by atoms with E-state index in [0.29, 0.717) is 34.4 Å². The summed E-state index contributed by atoms with van der Waals surface area (Å²) in [5.41, 5.74) is 0.947. The van der Waals surface area contributed by atoms with Gasteiger partial charge in [-0.05, 0) is 31.0 Å². The molecule has 2 heterocycles. The Morgan fingerprint density at radius 3 is 2.96 bits per heavy atom. The van der Waals surface area contributed by atoms with Crippen molar-refractivity contribution in [3.8, 4) is 0 Å². The lowest BCUT2D eigenvalue weighted by atomic mass is 10.1. The van der Waals surface area contributed by atoms with Gasteiger partial charge in [0, 0.05) is 24.4 Å². The average Bonchev–Trinajstić information content (AvgIpc) is 3.16. The Kier molecular flexibility index (Phi) is 5.11. The number of aromatic nitrogens is 2. The van der Waals surface area contributed by atoms with Crippen LogP contribution in [0.2, 0.25) is 5.02 Å². The minimum Gasteiger partial charge on any atom is -0.312 e. The summed E-state index contributed by atoms with van der Waals surface area (Å²) < 4.78 is 0. The number of anilines is 2. The van der Waals surface area contributed by atoms with Crippen LogP contribution < -0.4 is 10.2 Å². The molecular formula is C16H17ClN4O2S. The van der Waals surface area contributed by atoms with Gasteiger partial charge in [-0.1, -0.05) is 29.9 Å². The highest BCUT2D eigenvalue weighted by Gasteiger charge is 2.26. The lowest BCUT2D eigenvalue weighted by Crippen LogP contribution is -2.27. The average molecular weight is 365 g/mol. The van der Waals surface area contributed by atoms with Crippen molar-refractivity contribution in [2.75, 3.05) is 16.8 Å². The van der Waals surface area contributed by atoms with Crippen molar-refractivity contribution in [3.05, 3.63) is 33.8 Å². The Balaban J connectivity index is 1.84. The molecule has 1 aromatic heterocycles. The quantitative estimate of drug-likeness (QED) is 0.880. The van der Waals surface area contributed by atoms with E-state index in [4.69, 9.17) is 11.6 Å². The van der Waals surface area contributed by atoms with Crippen LogP contribution in [-0.2, 0) is 11.2 Å². The maximum atomic E-state index is 12.6. The van der Waals surface area contributed by atoms with Gasteiger partial charge < -0.3 is 4.90 Å². The Labute approximate surface area is 148 Å². The zero-order valence-corrected chi connectivity index (χ0v) is 14.8. The summed E-state index contributed by atoms with van der Waals surface area (Å²) in [6.45, 7) is 2.66. The molecule has 1 aliphatic rings. The van der Waals surface area contributed by atoms with Gasteiger partial charge in [-0.2, -0.15) is 0 Å². The van der Waals surface area contributed by atoms with E-state index in [1.165, 1.54) is 11.3 Å². The molecule has 0 unspecified atom stereocenters. The van der Waals surface area contributed by atoms with Gasteiger partial charge in [0.25, 0.3) is 5.91 Å². The molecule has 0 atom stereocenters. The third-order valence-corrected chi connectivity index (χ3v) is 4.85. The van der Waals surface area contributed by atoms with Crippen LogP contribution in [0.3, 0.4) is 0 Å². The van der Waals surface area contributed by atoms with Crippen molar-refractivity contribution >= 4 is 45.6 Å². The fourth-order valence-corrected chi connectivity index (χ4v) is 3.61. The molecule has 3 rings (SSSR count). The Bertz CT molecular complexity index is 777. The van der Waals surface area contributed by atoms with Crippen molar-refractivity contribution in [3.63, 3.8) is 0 Å². The van der Waals surface area contributed by atoms with Gasteiger partial charge in [-0.3, -0.25) is 14.9 Å². The van der Waals surface area contributed by atoms with Crippen molar-refractivity contribution in [2.24, 2.45) is 0 Å². The highest BCUT2D eigenvalue weighted by molar-refractivity contribution is 7.15. The molecule has 8 heteroatoms. The maximum absolute atomic E-state index is 12.6. The normalized spacial score (nSPS) is 14.2. The van der Waals surface area contributed by atoms with Gasteiger partial charge in [-0.25, -0.2) is 0 Å². The second-order valence-electron chi connectivity index (χ2n) is 5.52. The van der Waals surface area contributed by atoms with Crippen LogP contribution in [0.1, 0.15) is 41.6 Å². The first kappa shape index (κ1) is 16.9. The van der Waals surface area contributed by atoms with E-state index in [-0.39, 0.29) is 11.8 Å². The minimum atomic E-state index is -0.319. The van der Waals surface area contributed by atoms with Gasteiger partial charge in [-0.15, -0.1) is 10.2 Å². The predicted molar refractivity (Wildman–Crippen MR) is 94.9 cm³/mol. The summed E-state index contributed by atoms with van der Waals surface area (Å²) in [7, 11) is 0. The maximum Gasteiger partial charge on any atom is 0.259 e. The Hall–Kier alpha value is -1.99. The Morgan fingerprint density at radius 1 is 1.42 bits per heavy atom. The fourth-order valence-electron chi connectivity index (χ4n) is 2.61. The first-order valence-corrected chi connectivity index (χ1v) is 9.01. The summed E-state index contributed by atoms with van der Waals surface area (Å²) in [6, 6.07) is 4.93. The number of rotatable bonds is 5. The van der Waals surface area contributed by atoms with Crippen LogP contribution in [-0.4, -0.2) is 28.6 Å². The molecule has 1 aliphatic heterocycles. The fraction of sp³-hybridized carbons (Fsp3) is 0.375. The second-order valence-corrected chi connectivity index (χ2v) is 7.01. The molecule has 24 heavy (non-hydrogen) atoms. The third-order valence-electron chi connectivity index (χ3n) is 3.72. The molecule has 1 saturated heterocycles. The molecule has 0 bridgehead atoms. The highest BCUT2D eigenvalue weighted by Crippen LogP contribution is 2.29. The van der Waals surface area contributed by atoms with Crippen molar-refractivity contribution in [1.82, 2.24) is 10.2 Å². The van der Waals surface area contributed by atoms with E-state index < -0.39 is 0 Å². The van der Waals surface area contributed by atoms with E-state index in [1.54, 1.807) is 23.1 Å². The number of aryl methyl sites for hydroxylation is 1. The summed E-state index contributed by atoms with van der Waals surface area (Å²) in [6.07, 6.45) is 3.08. The number of hydrogen-bond acceptors (Lipinski definition) is 5. The zero-order valence-electron chi connectivity index (χ0n) is 13.2. The lowest BCUT2D eigenvalue weighted by Gasteiger charge is -2.19. The van der Waals surface area contributed by atoms with Crippen LogP contribution in [0, 0.1) is 0 Å². The van der Waals surface area contributed by atoms with Gasteiger partial charge >= 0.3 is 0 Å². The van der Waals surface area contributed by atoms with E-state index >= 15 is 0 Å². The van der Waals surface area contributed by atoms with Crippen LogP contribution in [0.25, 0.3) is 0 Å². The van der Waals surface area contributed by atoms with E-state index in [9.17, 15) is 9.59 Å². The number of amides is 2. The molecule has 0 aliphatic carbocycles. The summed E-state index contributed by atoms with van der Waals surface area (Å²) in [5, 5.41) is 12.6. The number of carbonyl (C=O) groups is 2. The minimum absolute atomic E-state index is 0.00691. The first-order chi connectivity index (χ1) is 11.6. The second kappa shape index (κ2) is 7.27. The SMILES string of the molecule is CCCc1nnc(NC(=O)c2ccc(Cl)cc2N2CCCC2=O)s1. The number of benzene rings is 1. The van der Waals surface area contributed by atoms with Crippen LogP contribution >= 0.6 is 22.9 Å². The molecule has 1 fully saturated rings. The highest BCUT2D eigenvalue weighted by atomic mass is 35.5. The van der Waals surface area contributed by atoms with Crippen LogP contribution in [0.5, 0.6) is 0 Å². The summed E-state index contributed by atoms with van der Waals surface area (Å²) >= 11 is 7.42. The molecule has 0 radical (unpaired) electrons. The summed E-state index contributed by atoms with van der Waals surface area (Å²) in [5.74, 6) is -0.312. The number of nitrogens with zero attached hydrogens (tertiary/aromatic N) is 3. The number of halogens is 1. The number of nitrogens with one attached hydrogen (secondary N) is 1. The largest absolute Gasteiger partial charge is 0.312 e. The summed E-state index contributed by atoms with van der Waals surface area (Å²) in [4.78, 5) is 26.3. The molecule has 0 saturated carbocycles. The van der Waals surface area contributed by atoms with Crippen molar-refractivity contribution in [2.45, 2.75) is 32.6 Å². The third kappa shape index (κ3) is 3.57. The molecule has 126 valence electrons. The molecule has 6 nitrogen and oxygen atoms in total. The topological polar surface area (TPSA) is 75.2 Å². The number of carbonyl (C=O) groups excluding carboxylic acids is 2. The standard InChI is InChI=1S/C16H17ClN4O2S/c1-2-4-13-19-20-16(24-13)18-15(23)11-7-6-10(17)9-12(11)21-8-3-5-14(21)22/h6-7,9H,2-5,8H2,1H3,(H,18,20,23). The molecule has 2 amide bonds. The van der Waals surface area contributed by atoms with E-state index in [0.717, 1.165) is 24.3 Å². The Morgan fingerprint density at radius 2 is 2.25 bits per heavy atom. The van der Waals surface area contributed by atoms with E-state index in [2.05, 4.69) is 22.4 Å². The van der Waals surface area contributed by atoms with E-state index in [1.807, 2.05) is 0 Å². The number of hydrogen-bond donors (Lipinski definition) is 1. The first-order valence-electron chi connectivity index (χ1n) is 7.82.